The van der Waals surface area contributed by atoms with Gasteiger partial charge in [0.2, 0.25) is 5.91 Å². The van der Waals surface area contributed by atoms with E-state index in [1.165, 1.54) is 0 Å². The number of guanidine groups is 1. The molecule has 26 heavy (non-hydrogen) atoms. The molecule has 1 atom stereocenters. The monoisotopic (exact) mass is 370 g/mol. The van der Waals surface area contributed by atoms with Crippen molar-refractivity contribution in [2.24, 2.45) is 4.99 Å². The number of carbonyl (C=O) groups is 1. The highest BCUT2D eigenvalue weighted by Crippen LogP contribution is 2.31. The van der Waals surface area contributed by atoms with Crippen LogP contribution in [-0.4, -0.2) is 37.7 Å². The second kappa shape index (κ2) is 9.45. The first kappa shape index (κ1) is 20.1. The molecule has 3 N–H and O–H groups in total. The minimum atomic E-state index is -4.10. The molecule has 2 rings (SSSR count). The summed E-state index contributed by atoms with van der Waals surface area (Å²) >= 11 is 0. The number of hydrogen-bond acceptors (Lipinski definition) is 2. The van der Waals surface area contributed by atoms with Crippen molar-refractivity contribution >= 4 is 17.6 Å². The number of unbranched alkanes of at least 4 members (excludes halogenated alkanes) is 1. The number of hydrogen-bond donors (Lipinski definition) is 3. The van der Waals surface area contributed by atoms with Gasteiger partial charge in [0.25, 0.3) is 0 Å². The van der Waals surface area contributed by atoms with Crippen molar-refractivity contribution < 1.29 is 18.0 Å². The predicted molar refractivity (Wildman–Crippen MR) is 96.3 cm³/mol. The second-order valence-corrected chi connectivity index (χ2v) is 6.26. The number of alkyl halides is 3. The fraction of sp³-hybridized carbons (Fsp3) is 0.556. The largest absolute Gasteiger partial charge is 0.389 e. The highest BCUT2D eigenvalue weighted by Gasteiger charge is 2.26. The van der Waals surface area contributed by atoms with Gasteiger partial charge in [-0.3, -0.25) is 9.79 Å². The Hall–Kier alpha value is -2.25. The van der Waals surface area contributed by atoms with Crippen molar-refractivity contribution in [2.45, 2.75) is 44.7 Å². The van der Waals surface area contributed by atoms with E-state index < -0.39 is 12.6 Å². The third kappa shape index (κ3) is 6.57. The maximum atomic E-state index is 12.2. The summed E-state index contributed by atoms with van der Waals surface area (Å²) in [5, 5.41) is 8.99. The Bertz CT molecular complexity index is 631. The maximum absolute atomic E-state index is 12.2. The Morgan fingerprint density at radius 3 is 2.77 bits per heavy atom. The Morgan fingerprint density at radius 2 is 2.04 bits per heavy atom. The van der Waals surface area contributed by atoms with E-state index in [0.717, 1.165) is 11.3 Å². The fourth-order valence-electron chi connectivity index (χ4n) is 2.87. The summed E-state index contributed by atoms with van der Waals surface area (Å²) in [5.41, 5.74) is 1.87. The molecule has 1 unspecified atom stereocenters. The maximum Gasteiger partial charge on any atom is 0.389 e. The average molecular weight is 370 g/mol. The summed E-state index contributed by atoms with van der Waals surface area (Å²) < 4.78 is 36.5. The van der Waals surface area contributed by atoms with Crippen LogP contribution in [0.25, 0.3) is 0 Å². The van der Waals surface area contributed by atoms with Gasteiger partial charge in [0, 0.05) is 37.5 Å². The van der Waals surface area contributed by atoms with E-state index in [1.807, 2.05) is 31.2 Å². The number of anilines is 1. The first-order chi connectivity index (χ1) is 12.4. The van der Waals surface area contributed by atoms with Gasteiger partial charge >= 0.3 is 6.18 Å². The van der Waals surface area contributed by atoms with Crippen molar-refractivity contribution in [1.82, 2.24) is 10.6 Å². The van der Waals surface area contributed by atoms with Crippen LogP contribution in [0.3, 0.4) is 0 Å². The van der Waals surface area contributed by atoms with Crippen molar-refractivity contribution in [1.29, 1.82) is 0 Å². The lowest BCUT2D eigenvalue weighted by atomic mass is 9.91. The number of para-hydroxylation sites is 1. The van der Waals surface area contributed by atoms with E-state index in [2.05, 4.69) is 20.9 Å². The van der Waals surface area contributed by atoms with E-state index in [9.17, 15) is 18.0 Å². The molecule has 5 nitrogen and oxygen atoms in total. The van der Waals surface area contributed by atoms with Gasteiger partial charge < -0.3 is 16.0 Å². The van der Waals surface area contributed by atoms with E-state index in [0.29, 0.717) is 38.4 Å². The van der Waals surface area contributed by atoms with Gasteiger partial charge in [-0.15, -0.1) is 0 Å². The van der Waals surface area contributed by atoms with Crippen molar-refractivity contribution in [3.05, 3.63) is 29.8 Å². The summed E-state index contributed by atoms with van der Waals surface area (Å²) in [6.07, 6.45) is -4.00. The number of halogens is 3. The molecule has 144 valence electrons. The van der Waals surface area contributed by atoms with Gasteiger partial charge in [0.15, 0.2) is 5.96 Å². The number of aliphatic imine (C=N–C) groups is 1. The van der Waals surface area contributed by atoms with E-state index in [-0.39, 0.29) is 18.2 Å². The van der Waals surface area contributed by atoms with E-state index in [4.69, 9.17) is 0 Å². The zero-order valence-electron chi connectivity index (χ0n) is 14.8. The zero-order valence-corrected chi connectivity index (χ0v) is 14.8. The van der Waals surface area contributed by atoms with Crippen LogP contribution in [0.2, 0.25) is 0 Å². The second-order valence-electron chi connectivity index (χ2n) is 6.26. The summed E-state index contributed by atoms with van der Waals surface area (Å²) in [5.74, 6) is 0.512. The van der Waals surface area contributed by atoms with Gasteiger partial charge in [-0.05, 0) is 31.4 Å². The number of fused-ring (bicyclic) bond motifs is 1. The topological polar surface area (TPSA) is 65.5 Å². The standard InChI is InChI=1S/C18H25F3N4O/c1-2-22-17(23-10-6-5-9-18(19,20)21)24-12-13-11-16(26)25-15-8-4-3-7-14(13)15/h3-4,7-8,13H,2,5-6,9-12H2,1H3,(H,25,26)(H2,22,23,24). The Kier molecular flexibility index (Phi) is 7.29. The van der Waals surface area contributed by atoms with Gasteiger partial charge in [-0.2, -0.15) is 13.2 Å². The Balaban J connectivity index is 1.89. The quantitative estimate of drug-likeness (QED) is 0.392. The van der Waals surface area contributed by atoms with Crippen LogP contribution < -0.4 is 16.0 Å². The van der Waals surface area contributed by atoms with Gasteiger partial charge in [-0.25, -0.2) is 0 Å². The predicted octanol–water partition coefficient (Wildman–Crippen LogP) is 3.40. The normalized spacial score (nSPS) is 17.5. The molecule has 1 aliphatic rings. The highest BCUT2D eigenvalue weighted by atomic mass is 19.4. The molecule has 1 heterocycles. The van der Waals surface area contributed by atoms with E-state index >= 15 is 0 Å². The van der Waals surface area contributed by atoms with E-state index in [1.54, 1.807) is 0 Å². The van der Waals surface area contributed by atoms with Gasteiger partial charge in [-0.1, -0.05) is 18.2 Å². The summed E-state index contributed by atoms with van der Waals surface area (Å²) in [6, 6.07) is 7.65. The van der Waals surface area contributed by atoms with Crippen molar-refractivity contribution in [2.75, 3.05) is 25.0 Å². The SMILES string of the molecule is CCNC(=NCC1CC(=O)Nc2ccccc21)NCCCCC(F)(F)F. The molecular formula is C18H25F3N4O. The summed E-state index contributed by atoms with van der Waals surface area (Å²) in [6.45, 7) is 3.42. The molecule has 0 spiro atoms. The number of carbonyl (C=O) groups excluding carboxylic acids is 1. The van der Waals surface area contributed by atoms with Crippen LogP contribution in [0.1, 0.15) is 44.1 Å². The lowest BCUT2D eigenvalue weighted by molar-refractivity contribution is -0.135. The third-order valence-corrected chi connectivity index (χ3v) is 4.10. The Labute approximate surface area is 151 Å². The molecular weight excluding hydrogens is 345 g/mol. The molecule has 0 aliphatic carbocycles. The minimum Gasteiger partial charge on any atom is -0.357 e. The first-order valence-corrected chi connectivity index (χ1v) is 8.86. The molecule has 1 aromatic rings. The average Bonchev–Trinajstić information content (AvgIpc) is 2.57. The molecule has 0 saturated carbocycles. The lowest BCUT2D eigenvalue weighted by Gasteiger charge is -2.24. The van der Waals surface area contributed by atoms with Crippen LogP contribution in [-0.2, 0) is 4.79 Å². The summed E-state index contributed by atoms with van der Waals surface area (Å²) in [4.78, 5) is 16.4. The summed E-state index contributed by atoms with van der Waals surface area (Å²) in [7, 11) is 0. The molecule has 1 aromatic carbocycles. The number of amides is 1. The van der Waals surface area contributed by atoms with Crippen LogP contribution in [0, 0.1) is 0 Å². The fourth-order valence-corrected chi connectivity index (χ4v) is 2.87. The van der Waals surface area contributed by atoms with Crippen molar-refractivity contribution in [3.8, 4) is 0 Å². The first-order valence-electron chi connectivity index (χ1n) is 8.86. The van der Waals surface area contributed by atoms with Gasteiger partial charge in [0.1, 0.15) is 0 Å². The number of nitrogens with zero attached hydrogens (tertiary/aromatic N) is 1. The van der Waals surface area contributed by atoms with Gasteiger partial charge in [0.05, 0.1) is 6.54 Å². The number of benzene rings is 1. The Morgan fingerprint density at radius 1 is 1.27 bits per heavy atom. The van der Waals surface area contributed by atoms with Crippen LogP contribution in [0.15, 0.2) is 29.3 Å². The number of nitrogens with one attached hydrogen (secondary N) is 3. The third-order valence-electron chi connectivity index (χ3n) is 4.10. The lowest BCUT2D eigenvalue weighted by Crippen LogP contribution is -2.38. The zero-order chi connectivity index (χ0) is 19.0. The molecule has 1 amide bonds. The molecule has 0 fully saturated rings. The minimum absolute atomic E-state index is 0.0133. The highest BCUT2D eigenvalue weighted by molar-refractivity contribution is 5.94. The van der Waals surface area contributed by atoms with Crippen LogP contribution in [0.4, 0.5) is 18.9 Å². The molecule has 0 aromatic heterocycles. The smallest absolute Gasteiger partial charge is 0.357 e. The van der Waals surface area contributed by atoms with Crippen LogP contribution >= 0.6 is 0 Å². The molecule has 0 radical (unpaired) electrons. The van der Waals surface area contributed by atoms with Crippen LogP contribution in [0.5, 0.6) is 0 Å². The molecule has 8 heteroatoms. The molecule has 1 aliphatic heterocycles. The number of rotatable bonds is 7. The molecule has 0 bridgehead atoms. The van der Waals surface area contributed by atoms with Crippen molar-refractivity contribution in [3.63, 3.8) is 0 Å². The molecule has 0 saturated heterocycles.